The Bertz CT molecular complexity index is 532. The zero-order chi connectivity index (χ0) is 18.2. The SMILES string of the molecule is CCN(CC)CCCNC(=S)N1CCN(Cc2cn(C)nc2C)CC1. The highest BCUT2D eigenvalue weighted by molar-refractivity contribution is 7.80. The van der Waals surface area contributed by atoms with Gasteiger partial charge in [-0.15, -0.1) is 0 Å². The summed E-state index contributed by atoms with van der Waals surface area (Å²) >= 11 is 5.57. The summed E-state index contributed by atoms with van der Waals surface area (Å²) in [5.41, 5.74) is 2.46. The van der Waals surface area contributed by atoms with Gasteiger partial charge in [-0.2, -0.15) is 5.10 Å². The second-order valence-corrected chi connectivity index (χ2v) is 7.18. The minimum absolute atomic E-state index is 0.914. The van der Waals surface area contributed by atoms with E-state index in [-0.39, 0.29) is 0 Å². The maximum atomic E-state index is 5.57. The molecule has 142 valence electrons. The summed E-state index contributed by atoms with van der Waals surface area (Å²) < 4.78 is 1.90. The van der Waals surface area contributed by atoms with Gasteiger partial charge in [0.2, 0.25) is 0 Å². The van der Waals surface area contributed by atoms with Crippen LogP contribution in [0.1, 0.15) is 31.5 Å². The fraction of sp³-hybridized carbons (Fsp3) is 0.778. The molecule has 7 heteroatoms. The molecular weight excluding hydrogens is 332 g/mol. The van der Waals surface area contributed by atoms with Crippen LogP contribution in [0.15, 0.2) is 6.20 Å². The molecule has 0 amide bonds. The van der Waals surface area contributed by atoms with Crippen molar-refractivity contribution in [1.82, 2.24) is 29.8 Å². The van der Waals surface area contributed by atoms with Crippen LogP contribution in [0.4, 0.5) is 0 Å². The van der Waals surface area contributed by atoms with Gasteiger partial charge in [-0.05, 0) is 45.2 Å². The summed E-state index contributed by atoms with van der Waals surface area (Å²) in [6.07, 6.45) is 3.27. The highest BCUT2D eigenvalue weighted by Gasteiger charge is 2.19. The van der Waals surface area contributed by atoms with Crippen LogP contribution in [0.5, 0.6) is 0 Å². The van der Waals surface area contributed by atoms with E-state index in [2.05, 4.69) is 52.1 Å². The molecule has 0 unspecified atom stereocenters. The van der Waals surface area contributed by atoms with E-state index < -0.39 is 0 Å². The Labute approximate surface area is 158 Å². The second-order valence-electron chi connectivity index (χ2n) is 6.79. The van der Waals surface area contributed by atoms with E-state index in [0.29, 0.717) is 0 Å². The third-order valence-corrected chi connectivity index (χ3v) is 5.39. The van der Waals surface area contributed by atoms with E-state index in [0.717, 1.165) is 76.1 Å². The van der Waals surface area contributed by atoms with Crippen molar-refractivity contribution < 1.29 is 0 Å². The molecule has 2 rings (SSSR count). The monoisotopic (exact) mass is 366 g/mol. The maximum absolute atomic E-state index is 5.57. The lowest BCUT2D eigenvalue weighted by Crippen LogP contribution is -2.51. The fourth-order valence-electron chi connectivity index (χ4n) is 3.30. The normalized spacial score (nSPS) is 15.8. The predicted octanol–water partition coefficient (Wildman–Crippen LogP) is 1.45. The Morgan fingerprint density at radius 2 is 1.92 bits per heavy atom. The molecule has 2 heterocycles. The Morgan fingerprint density at radius 3 is 2.48 bits per heavy atom. The van der Waals surface area contributed by atoms with E-state index in [1.165, 1.54) is 5.56 Å². The van der Waals surface area contributed by atoms with Crippen LogP contribution in [0.3, 0.4) is 0 Å². The molecule has 0 radical (unpaired) electrons. The van der Waals surface area contributed by atoms with Crippen LogP contribution in [-0.4, -0.2) is 82.0 Å². The molecule has 0 atom stereocenters. The molecule has 1 saturated heterocycles. The fourth-order valence-corrected chi connectivity index (χ4v) is 3.59. The van der Waals surface area contributed by atoms with Crippen molar-refractivity contribution in [2.45, 2.75) is 33.7 Å². The van der Waals surface area contributed by atoms with Crippen molar-refractivity contribution in [3.05, 3.63) is 17.5 Å². The molecule has 0 aromatic carbocycles. The minimum Gasteiger partial charge on any atom is -0.363 e. The molecule has 1 fully saturated rings. The Hall–Kier alpha value is -1.18. The Morgan fingerprint density at radius 1 is 1.24 bits per heavy atom. The lowest BCUT2D eigenvalue weighted by atomic mass is 10.2. The topological polar surface area (TPSA) is 39.6 Å². The van der Waals surface area contributed by atoms with Crippen LogP contribution >= 0.6 is 12.2 Å². The number of piperazine rings is 1. The molecule has 0 aliphatic carbocycles. The molecule has 0 bridgehead atoms. The lowest BCUT2D eigenvalue weighted by molar-refractivity contribution is 0.174. The van der Waals surface area contributed by atoms with Gasteiger partial charge in [-0.3, -0.25) is 9.58 Å². The van der Waals surface area contributed by atoms with Crippen LogP contribution < -0.4 is 5.32 Å². The molecule has 1 aromatic rings. The number of nitrogens with zero attached hydrogens (tertiary/aromatic N) is 5. The van der Waals surface area contributed by atoms with Gasteiger partial charge in [0.05, 0.1) is 5.69 Å². The summed E-state index contributed by atoms with van der Waals surface area (Å²) in [7, 11) is 1.98. The molecular formula is C18H34N6S. The van der Waals surface area contributed by atoms with Crippen molar-refractivity contribution in [3.63, 3.8) is 0 Å². The minimum atomic E-state index is 0.914. The third kappa shape index (κ3) is 6.24. The van der Waals surface area contributed by atoms with Gasteiger partial charge in [0.25, 0.3) is 0 Å². The average Bonchev–Trinajstić information content (AvgIpc) is 2.92. The molecule has 1 N–H and O–H groups in total. The summed E-state index contributed by atoms with van der Waals surface area (Å²) in [5, 5.41) is 8.78. The van der Waals surface area contributed by atoms with Crippen molar-refractivity contribution in [1.29, 1.82) is 0 Å². The van der Waals surface area contributed by atoms with Gasteiger partial charge in [-0.25, -0.2) is 0 Å². The molecule has 25 heavy (non-hydrogen) atoms. The van der Waals surface area contributed by atoms with Crippen molar-refractivity contribution in [3.8, 4) is 0 Å². The van der Waals surface area contributed by atoms with E-state index in [1.807, 2.05) is 11.7 Å². The van der Waals surface area contributed by atoms with E-state index in [4.69, 9.17) is 12.2 Å². The highest BCUT2D eigenvalue weighted by atomic mass is 32.1. The number of nitrogens with one attached hydrogen (secondary N) is 1. The maximum Gasteiger partial charge on any atom is 0.169 e. The summed E-state index contributed by atoms with van der Waals surface area (Å²) in [6.45, 7) is 16.0. The van der Waals surface area contributed by atoms with Crippen LogP contribution in [0.2, 0.25) is 0 Å². The first kappa shape index (κ1) is 20.1. The summed E-state index contributed by atoms with van der Waals surface area (Å²) in [6, 6.07) is 0. The summed E-state index contributed by atoms with van der Waals surface area (Å²) in [5.74, 6) is 0. The molecule has 1 aliphatic rings. The van der Waals surface area contributed by atoms with Crippen LogP contribution in [0.25, 0.3) is 0 Å². The van der Waals surface area contributed by atoms with Gasteiger partial charge >= 0.3 is 0 Å². The summed E-state index contributed by atoms with van der Waals surface area (Å²) in [4.78, 5) is 7.24. The Balaban J connectivity index is 1.65. The molecule has 0 saturated carbocycles. The number of thiocarbonyl (C=S) groups is 1. The van der Waals surface area contributed by atoms with Crippen molar-refractivity contribution >= 4 is 17.3 Å². The number of hydrogen-bond acceptors (Lipinski definition) is 4. The molecule has 1 aromatic heterocycles. The predicted molar refractivity (Wildman–Crippen MR) is 108 cm³/mol. The van der Waals surface area contributed by atoms with Crippen molar-refractivity contribution in [2.75, 3.05) is 52.4 Å². The van der Waals surface area contributed by atoms with E-state index in [1.54, 1.807) is 0 Å². The lowest BCUT2D eigenvalue weighted by Gasteiger charge is -2.36. The largest absolute Gasteiger partial charge is 0.363 e. The number of hydrogen-bond donors (Lipinski definition) is 1. The zero-order valence-corrected chi connectivity index (χ0v) is 17.1. The van der Waals surface area contributed by atoms with E-state index >= 15 is 0 Å². The van der Waals surface area contributed by atoms with Crippen LogP contribution in [-0.2, 0) is 13.6 Å². The first-order valence-electron chi connectivity index (χ1n) is 9.50. The van der Waals surface area contributed by atoms with Gasteiger partial charge < -0.3 is 15.1 Å². The highest BCUT2D eigenvalue weighted by Crippen LogP contribution is 2.11. The smallest absolute Gasteiger partial charge is 0.169 e. The number of aromatic nitrogens is 2. The van der Waals surface area contributed by atoms with Gasteiger partial charge in [0.15, 0.2) is 5.11 Å². The second kappa shape index (κ2) is 10.1. The van der Waals surface area contributed by atoms with Gasteiger partial charge in [0, 0.05) is 58.1 Å². The standard InChI is InChI=1S/C18H34N6S/c1-5-22(6-2)9-7-8-19-18(25)24-12-10-23(11-13-24)15-17-14-21(4)20-16(17)3/h14H,5-13,15H2,1-4H3,(H,19,25). The zero-order valence-electron chi connectivity index (χ0n) is 16.3. The first-order valence-corrected chi connectivity index (χ1v) is 9.90. The van der Waals surface area contributed by atoms with E-state index in [9.17, 15) is 0 Å². The number of aryl methyl sites for hydroxylation is 2. The quantitative estimate of drug-likeness (QED) is 0.555. The first-order chi connectivity index (χ1) is 12.0. The Kier molecular flexibility index (Phi) is 8.12. The molecule has 6 nitrogen and oxygen atoms in total. The van der Waals surface area contributed by atoms with Crippen molar-refractivity contribution in [2.24, 2.45) is 7.05 Å². The van der Waals surface area contributed by atoms with Gasteiger partial charge in [-0.1, -0.05) is 13.8 Å². The average molecular weight is 367 g/mol. The molecule has 0 spiro atoms. The number of rotatable bonds is 8. The third-order valence-electron chi connectivity index (χ3n) is 4.99. The van der Waals surface area contributed by atoms with Gasteiger partial charge in [0.1, 0.15) is 0 Å². The molecule has 1 aliphatic heterocycles. The van der Waals surface area contributed by atoms with Crippen LogP contribution in [0, 0.1) is 6.92 Å².